The molecule has 0 heterocycles. The first kappa shape index (κ1) is 25.5. The van der Waals surface area contributed by atoms with Gasteiger partial charge in [-0.3, -0.25) is 20.1 Å². The average molecular weight is 446 g/mol. The van der Waals surface area contributed by atoms with E-state index < -0.39 is 29.2 Å². The Balaban J connectivity index is 2.65. The van der Waals surface area contributed by atoms with Crippen molar-refractivity contribution in [1.29, 1.82) is 0 Å². The van der Waals surface area contributed by atoms with Gasteiger partial charge in [-0.2, -0.15) is 0 Å². The van der Waals surface area contributed by atoms with Gasteiger partial charge in [0.05, 0.1) is 0 Å². The standard InChI is InChI=1S/C24H30O8/c1-15(25)29-14-17-10-19(13-21(11-17)24(5,6)32-28)22(30-16(2)26)18-8-7-9-20(12-18)23(3,4)31-27/h7-13,22,27-28H,14H2,1-6H3. The molecule has 2 rings (SSSR count). The largest absolute Gasteiger partial charge is 0.461 e. The fourth-order valence-corrected chi connectivity index (χ4v) is 3.16. The zero-order chi connectivity index (χ0) is 24.1. The molecule has 0 spiro atoms. The molecule has 174 valence electrons. The van der Waals surface area contributed by atoms with Crippen LogP contribution in [-0.2, 0) is 46.6 Å². The topological polar surface area (TPSA) is 112 Å². The summed E-state index contributed by atoms with van der Waals surface area (Å²) in [5.41, 5.74) is 1.07. The van der Waals surface area contributed by atoms with Gasteiger partial charge in [0.2, 0.25) is 0 Å². The van der Waals surface area contributed by atoms with Crippen molar-refractivity contribution in [3.8, 4) is 0 Å². The van der Waals surface area contributed by atoms with Gasteiger partial charge in [-0.15, -0.1) is 0 Å². The minimum Gasteiger partial charge on any atom is -0.461 e. The van der Waals surface area contributed by atoms with Crippen molar-refractivity contribution in [3.05, 3.63) is 70.3 Å². The molecule has 1 unspecified atom stereocenters. The zero-order valence-electron chi connectivity index (χ0n) is 19.2. The summed E-state index contributed by atoms with van der Waals surface area (Å²) >= 11 is 0. The van der Waals surface area contributed by atoms with Gasteiger partial charge in [-0.1, -0.05) is 18.2 Å². The molecule has 0 aliphatic rings. The van der Waals surface area contributed by atoms with Crippen LogP contribution in [0, 0.1) is 0 Å². The third-order valence-corrected chi connectivity index (χ3v) is 5.08. The Bertz CT molecular complexity index is 964. The van der Waals surface area contributed by atoms with Crippen molar-refractivity contribution < 1.29 is 39.4 Å². The van der Waals surface area contributed by atoms with E-state index in [1.54, 1.807) is 70.2 Å². The van der Waals surface area contributed by atoms with E-state index in [0.29, 0.717) is 27.8 Å². The highest BCUT2D eigenvalue weighted by Crippen LogP contribution is 2.34. The van der Waals surface area contributed by atoms with Crippen LogP contribution in [0.15, 0.2) is 42.5 Å². The summed E-state index contributed by atoms with van der Waals surface area (Å²) in [5, 5.41) is 18.7. The van der Waals surface area contributed by atoms with Gasteiger partial charge < -0.3 is 9.47 Å². The maximum atomic E-state index is 12.0. The molecule has 0 amide bonds. The number of benzene rings is 2. The van der Waals surface area contributed by atoms with E-state index in [9.17, 15) is 20.1 Å². The van der Waals surface area contributed by atoms with Crippen molar-refractivity contribution in [1.82, 2.24) is 0 Å². The molecule has 32 heavy (non-hydrogen) atoms. The average Bonchev–Trinajstić information content (AvgIpc) is 2.75. The lowest BCUT2D eigenvalue weighted by Crippen LogP contribution is -2.22. The van der Waals surface area contributed by atoms with E-state index in [4.69, 9.17) is 9.47 Å². The molecule has 0 aliphatic heterocycles. The lowest BCUT2D eigenvalue weighted by Gasteiger charge is -2.26. The highest BCUT2D eigenvalue weighted by atomic mass is 17.1. The predicted molar refractivity (Wildman–Crippen MR) is 115 cm³/mol. The third-order valence-electron chi connectivity index (χ3n) is 5.08. The van der Waals surface area contributed by atoms with Crippen molar-refractivity contribution in [3.63, 3.8) is 0 Å². The molecule has 2 aromatic rings. The third kappa shape index (κ3) is 6.37. The summed E-state index contributed by atoms with van der Waals surface area (Å²) in [6.07, 6.45) is -0.813. The molecular formula is C24H30O8. The Morgan fingerprint density at radius 3 is 2.00 bits per heavy atom. The maximum Gasteiger partial charge on any atom is 0.303 e. The molecule has 0 aliphatic carbocycles. The second kappa shape index (κ2) is 10.2. The van der Waals surface area contributed by atoms with E-state index in [0.717, 1.165) is 0 Å². The molecule has 8 nitrogen and oxygen atoms in total. The number of hydrogen-bond donors (Lipinski definition) is 2. The molecule has 8 heteroatoms. The minimum absolute atomic E-state index is 0.00407. The molecule has 1 atom stereocenters. The summed E-state index contributed by atoms with van der Waals surface area (Å²) in [4.78, 5) is 32.5. The lowest BCUT2D eigenvalue weighted by atomic mass is 9.89. The molecule has 0 aromatic heterocycles. The van der Waals surface area contributed by atoms with Crippen LogP contribution in [-0.4, -0.2) is 22.5 Å². The van der Waals surface area contributed by atoms with E-state index in [2.05, 4.69) is 9.78 Å². The first-order valence-corrected chi connectivity index (χ1v) is 10.1. The van der Waals surface area contributed by atoms with E-state index in [1.165, 1.54) is 13.8 Å². The van der Waals surface area contributed by atoms with Crippen molar-refractivity contribution >= 4 is 11.9 Å². The summed E-state index contributed by atoms with van der Waals surface area (Å²) in [5.74, 6) is -0.937. The molecule has 0 bridgehead atoms. The van der Waals surface area contributed by atoms with E-state index >= 15 is 0 Å². The SMILES string of the molecule is CC(=O)OCc1cc(C(OC(C)=O)c2cccc(C(C)(C)OO)c2)cc(C(C)(C)OO)c1. The van der Waals surface area contributed by atoms with Crippen LogP contribution in [0.3, 0.4) is 0 Å². The first-order chi connectivity index (χ1) is 14.9. The number of carbonyl (C=O) groups is 2. The van der Waals surface area contributed by atoms with Crippen LogP contribution in [0.5, 0.6) is 0 Å². The molecule has 0 saturated carbocycles. The second-order valence-electron chi connectivity index (χ2n) is 8.56. The predicted octanol–water partition coefficient (Wildman–Crippen LogP) is 4.85. The molecular weight excluding hydrogens is 416 g/mol. The van der Waals surface area contributed by atoms with Crippen LogP contribution in [0.1, 0.15) is 75.5 Å². The van der Waals surface area contributed by atoms with Crippen molar-refractivity contribution in [2.75, 3.05) is 0 Å². The van der Waals surface area contributed by atoms with Gasteiger partial charge in [0, 0.05) is 13.8 Å². The summed E-state index contributed by atoms with van der Waals surface area (Å²) in [6.45, 7) is 9.36. The summed E-state index contributed by atoms with van der Waals surface area (Å²) in [7, 11) is 0. The second-order valence-corrected chi connectivity index (χ2v) is 8.56. The molecule has 2 N–H and O–H groups in total. The number of carbonyl (C=O) groups excluding carboxylic acids is 2. The van der Waals surface area contributed by atoms with Crippen LogP contribution >= 0.6 is 0 Å². The highest BCUT2D eigenvalue weighted by Gasteiger charge is 2.28. The van der Waals surface area contributed by atoms with Crippen molar-refractivity contribution in [2.24, 2.45) is 0 Å². The number of ether oxygens (including phenoxy) is 2. The smallest absolute Gasteiger partial charge is 0.303 e. The first-order valence-electron chi connectivity index (χ1n) is 10.1. The fraction of sp³-hybridized carbons (Fsp3) is 0.417. The minimum atomic E-state index is -1.07. The molecule has 0 radical (unpaired) electrons. The number of esters is 2. The van der Waals surface area contributed by atoms with Gasteiger partial charge in [0.1, 0.15) is 17.8 Å². The van der Waals surface area contributed by atoms with Crippen LogP contribution < -0.4 is 0 Å². The molecule has 2 aromatic carbocycles. The quantitative estimate of drug-likeness (QED) is 0.319. The molecule has 0 saturated heterocycles. The summed E-state index contributed by atoms with van der Waals surface area (Å²) < 4.78 is 10.8. The maximum absolute atomic E-state index is 12.0. The van der Waals surface area contributed by atoms with Crippen molar-refractivity contribution in [2.45, 2.75) is 65.5 Å². The van der Waals surface area contributed by atoms with Gasteiger partial charge in [0.25, 0.3) is 0 Å². The lowest BCUT2D eigenvalue weighted by molar-refractivity contribution is -0.318. The summed E-state index contributed by atoms with van der Waals surface area (Å²) in [6, 6.07) is 12.4. The van der Waals surface area contributed by atoms with E-state index in [-0.39, 0.29) is 6.61 Å². The Hall–Kier alpha value is -2.78. The highest BCUT2D eigenvalue weighted by molar-refractivity contribution is 5.67. The molecule has 0 fully saturated rings. The van der Waals surface area contributed by atoms with Crippen LogP contribution in [0.4, 0.5) is 0 Å². The van der Waals surface area contributed by atoms with Gasteiger partial charge in [-0.05, 0) is 79.8 Å². The van der Waals surface area contributed by atoms with Gasteiger partial charge >= 0.3 is 11.9 Å². The Morgan fingerprint density at radius 1 is 0.844 bits per heavy atom. The zero-order valence-corrected chi connectivity index (χ0v) is 19.2. The Morgan fingerprint density at radius 2 is 1.44 bits per heavy atom. The number of hydrogen-bond acceptors (Lipinski definition) is 8. The van der Waals surface area contributed by atoms with Crippen LogP contribution in [0.25, 0.3) is 0 Å². The fourth-order valence-electron chi connectivity index (χ4n) is 3.16. The Labute approximate surface area is 187 Å². The number of rotatable bonds is 9. The van der Waals surface area contributed by atoms with Gasteiger partial charge in [-0.25, -0.2) is 9.78 Å². The van der Waals surface area contributed by atoms with E-state index in [1.807, 2.05) is 0 Å². The van der Waals surface area contributed by atoms with Gasteiger partial charge in [0.15, 0.2) is 6.10 Å². The van der Waals surface area contributed by atoms with Crippen LogP contribution in [0.2, 0.25) is 0 Å². The monoisotopic (exact) mass is 446 g/mol. The Kier molecular flexibility index (Phi) is 8.14. The normalized spacial score (nSPS) is 12.9.